The van der Waals surface area contributed by atoms with Crippen LogP contribution in [-0.2, 0) is 11.3 Å². The van der Waals surface area contributed by atoms with Crippen LogP contribution in [0.4, 0.5) is 5.69 Å². The molecule has 5 heteroatoms. The van der Waals surface area contributed by atoms with Crippen LogP contribution in [-0.4, -0.2) is 60.0 Å². The van der Waals surface area contributed by atoms with Crippen LogP contribution in [0.5, 0.6) is 0 Å². The molecule has 2 saturated heterocycles. The molecule has 2 aliphatic rings. The number of nitrogens with zero attached hydrogens (tertiary/aromatic N) is 4. The maximum Gasteiger partial charge on any atom is 0.227 e. The molecule has 0 N–H and O–H groups in total. The summed E-state index contributed by atoms with van der Waals surface area (Å²) in [5.41, 5.74) is 7.68. The van der Waals surface area contributed by atoms with Gasteiger partial charge in [0.05, 0.1) is 5.92 Å². The van der Waals surface area contributed by atoms with Gasteiger partial charge in [-0.15, -0.1) is 0 Å². The average Bonchev–Trinajstić information content (AvgIpc) is 3.29. The van der Waals surface area contributed by atoms with E-state index in [-0.39, 0.29) is 11.8 Å². The molecule has 0 saturated carbocycles. The summed E-state index contributed by atoms with van der Waals surface area (Å²) in [6.07, 6.45) is 3.75. The second-order valence-electron chi connectivity index (χ2n) is 10.2. The normalized spacial score (nSPS) is 20.9. The largest absolute Gasteiger partial charge is 0.368 e. The fourth-order valence-corrected chi connectivity index (χ4v) is 5.79. The minimum absolute atomic E-state index is 0.0139. The maximum absolute atomic E-state index is 13.9. The summed E-state index contributed by atoms with van der Waals surface area (Å²) < 4.78 is 0. The molecule has 5 rings (SSSR count). The van der Waals surface area contributed by atoms with Crippen molar-refractivity contribution < 1.29 is 4.79 Å². The molecular weight excluding hydrogens is 432 g/mol. The monoisotopic (exact) mass is 468 g/mol. The summed E-state index contributed by atoms with van der Waals surface area (Å²) in [6, 6.07) is 19.3. The fourth-order valence-electron chi connectivity index (χ4n) is 5.79. The molecule has 0 bridgehead atoms. The van der Waals surface area contributed by atoms with Crippen molar-refractivity contribution in [3.8, 4) is 0 Å². The summed E-state index contributed by atoms with van der Waals surface area (Å²) in [6.45, 7) is 12.4. The van der Waals surface area contributed by atoms with Gasteiger partial charge in [-0.25, -0.2) is 0 Å². The van der Waals surface area contributed by atoms with Crippen molar-refractivity contribution in [2.24, 2.45) is 5.92 Å². The Bertz CT molecular complexity index is 1170. The molecule has 0 radical (unpaired) electrons. The first kappa shape index (κ1) is 23.6. The van der Waals surface area contributed by atoms with Crippen molar-refractivity contribution in [2.45, 2.75) is 33.2 Å². The molecule has 35 heavy (non-hydrogen) atoms. The molecule has 2 aromatic carbocycles. The molecule has 1 unspecified atom stereocenters. The molecule has 3 aromatic rings. The van der Waals surface area contributed by atoms with Gasteiger partial charge >= 0.3 is 0 Å². The predicted octanol–water partition coefficient (Wildman–Crippen LogP) is 4.57. The number of rotatable bonds is 5. The van der Waals surface area contributed by atoms with Gasteiger partial charge in [0, 0.05) is 69.8 Å². The summed E-state index contributed by atoms with van der Waals surface area (Å²) in [5.74, 6) is 0.519. The third-order valence-corrected chi connectivity index (χ3v) is 7.73. The molecule has 3 heterocycles. The number of pyridine rings is 1. The van der Waals surface area contributed by atoms with Crippen LogP contribution in [0.25, 0.3) is 0 Å². The van der Waals surface area contributed by atoms with E-state index in [0.717, 1.165) is 45.8 Å². The Kier molecular flexibility index (Phi) is 6.87. The van der Waals surface area contributed by atoms with Crippen molar-refractivity contribution in [2.75, 3.05) is 44.2 Å². The smallest absolute Gasteiger partial charge is 0.227 e. The Labute approximate surface area is 209 Å². The van der Waals surface area contributed by atoms with Crippen LogP contribution in [0, 0.1) is 26.7 Å². The third-order valence-electron chi connectivity index (χ3n) is 7.73. The van der Waals surface area contributed by atoms with Gasteiger partial charge in [0.25, 0.3) is 0 Å². The maximum atomic E-state index is 13.9. The van der Waals surface area contributed by atoms with Crippen molar-refractivity contribution in [1.29, 1.82) is 0 Å². The van der Waals surface area contributed by atoms with Crippen LogP contribution >= 0.6 is 0 Å². The van der Waals surface area contributed by atoms with E-state index in [1.807, 2.05) is 18.5 Å². The van der Waals surface area contributed by atoms with E-state index in [1.165, 1.54) is 33.5 Å². The predicted molar refractivity (Wildman–Crippen MR) is 142 cm³/mol. The van der Waals surface area contributed by atoms with Crippen LogP contribution in [0.1, 0.15) is 33.7 Å². The first-order chi connectivity index (χ1) is 17.0. The van der Waals surface area contributed by atoms with E-state index in [9.17, 15) is 4.79 Å². The van der Waals surface area contributed by atoms with Crippen molar-refractivity contribution in [3.63, 3.8) is 0 Å². The number of carbonyl (C=O) groups excluding carboxylic acids is 1. The van der Waals surface area contributed by atoms with E-state index < -0.39 is 0 Å². The van der Waals surface area contributed by atoms with Gasteiger partial charge in [-0.2, -0.15) is 0 Å². The lowest BCUT2D eigenvalue weighted by Gasteiger charge is -2.38. The number of amides is 1. The third kappa shape index (κ3) is 5.10. The molecule has 2 atom stereocenters. The minimum Gasteiger partial charge on any atom is -0.368 e. The summed E-state index contributed by atoms with van der Waals surface area (Å²) in [5, 5.41) is 0. The molecule has 2 fully saturated rings. The lowest BCUT2D eigenvalue weighted by molar-refractivity contribution is -0.135. The SMILES string of the molecule is Cc1ccc(C)c(N2CCN(C(=O)C3CN(Cc4cccnc4)C[C@H]3c3ccccc3C)CC2)c1. The highest BCUT2D eigenvalue weighted by Gasteiger charge is 2.41. The Morgan fingerprint density at radius 1 is 0.914 bits per heavy atom. The number of hydrogen-bond acceptors (Lipinski definition) is 4. The first-order valence-electron chi connectivity index (χ1n) is 12.8. The molecule has 2 aliphatic heterocycles. The van der Waals surface area contributed by atoms with Crippen molar-refractivity contribution in [1.82, 2.24) is 14.8 Å². The number of carbonyl (C=O) groups is 1. The zero-order valence-electron chi connectivity index (χ0n) is 21.2. The molecule has 0 aliphatic carbocycles. The van der Waals surface area contributed by atoms with E-state index in [4.69, 9.17) is 0 Å². The molecular formula is C30H36N4O. The number of piperazine rings is 1. The fraction of sp³-hybridized carbons (Fsp3) is 0.400. The number of aryl methyl sites for hydroxylation is 3. The second kappa shape index (κ2) is 10.2. The topological polar surface area (TPSA) is 39.7 Å². The zero-order valence-corrected chi connectivity index (χ0v) is 21.2. The quantitative estimate of drug-likeness (QED) is 0.550. The molecule has 5 nitrogen and oxygen atoms in total. The van der Waals surface area contributed by atoms with Crippen molar-refractivity contribution in [3.05, 3.63) is 94.8 Å². The highest BCUT2D eigenvalue weighted by Crippen LogP contribution is 2.36. The number of benzene rings is 2. The Hall–Kier alpha value is -3.18. The van der Waals surface area contributed by atoms with Gasteiger partial charge in [0.1, 0.15) is 0 Å². The molecule has 0 spiro atoms. The zero-order chi connectivity index (χ0) is 24.4. The second-order valence-corrected chi connectivity index (χ2v) is 10.2. The Morgan fingerprint density at radius 2 is 1.71 bits per heavy atom. The van der Waals surface area contributed by atoms with Crippen molar-refractivity contribution >= 4 is 11.6 Å². The Morgan fingerprint density at radius 3 is 2.46 bits per heavy atom. The van der Waals surface area contributed by atoms with E-state index in [0.29, 0.717) is 5.91 Å². The van der Waals surface area contributed by atoms with E-state index in [2.05, 4.69) is 89.0 Å². The summed E-state index contributed by atoms with van der Waals surface area (Å²) >= 11 is 0. The van der Waals surface area contributed by atoms with Crippen LogP contribution in [0.3, 0.4) is 0 Å². The van der Waals surface area contributed by atoms with Crippen LogP contribution in [0.2, 0.25) is 0 Å². The highest BCUT2D eigenvalue weighted by molar-refractivity contribution is 5.81. The lowest BCUT2D eigenvalue weighted by atomic mass is 9.85. The van der Waals surface area contributed by atoms with Gasteiger partial charge in [0.2, 0.25) is 5.91 Å². The Balaban J connectivity index is 1.32. The van der Waals surface area contributed by atoms with Gasteiger partial charge in [-0.1, -0.05) is 42.5 Å². The van der Waals surface area contributed by atoms with Gasteiger partial charge in [0.15, 0.2) is 0 Å². The number of likely N-dealkylation sites (tertiary alicyclic amines) is 1. The van der Waals surface area contributed by atoms with Crippen LogP contribution < -0.4 is 4.90 Å². The van der Waals surface area contributed by atoms with Gasteiger partial charge in [-0.3, -0.25) is 14.7 Å². The minimum atomic E-state index is -0.0139. The summed E-state index contributed by atoms with van der Waals surface area (Å²) in [4.78, 5) is 25.2. The molecule has 1 amide bonds. The summed E-state index contributed by atoms with van der Waals surface area (Å²) in [7, 11) is 0. The average molecular weight is 469 g/mol. The highest BCUT2D eigenvalue weighted by atomic mass is 16.2. The van der Waals surface area contributed by atoms with Gasteiger partial charge < -0.3 is 9.80 Å². The first-order valence-corrected chi connectivity index (χ1v) is 12.8. The lowest BCUT2D eigenvalue weighted by Crippen LogP contribution is -2.51. The van der Waals surface area contributed by atoms with Gasteiger partial charge in [-0.05, 0) is 60.7 Å². The standard InChI is InChI=1S/C30H36N4O/c1-22-10-11-24(3)29(17-22)33-13-15-34(16-14-33)30(35)28-21-32(19-25-8-6-12-31-18-25)20-27(28)26-9-5-4-7-23(26)2/h4-12,17-18,27-28H,13-16,19-21H2,1-3H3/t27-,28?/m0/s1. The number of aromatic nitrogens is 1. The van der Waals surface area contributed by atoms with Crippen LogP contribution in [0.15, 0.2) is 67.0 Å². The molecule has 1 aromatic heterocycles. The van der Waals surface area contributed by atoms with E-state index in [1.54, 1.807) is 0 Å². The van der Waals surface area contributed by atoms with E-state index >= 15 is 0 Å². The number of hydrogen-bond donors (Lipinski definition) is 0. The molecule has 182 valence electrons. The number of anilines is 1.